The fourth-order valence-corrected chi connectivity index (χ4v) is 4.94. The average molecular weight is 592 g/mol. The number of benzene rings is 2. The molecule has 1 fully saturated rings. The summed E-state index contributed by atoms with van der Waals surface area (Å²) in [5, 5.41) is 10.9. The number of piperazine rings is 1. The maximum absolute atomic E-state index is 6.34. The Balaban J connectivity index is 1.40. The summed E-state index contributed by atoms with van der Waals surface area (Å²) in [6.45, 7) is 4.54. The molecule has 0 N–H and O–H groups in total. The molecule has 0 aliphatic carbocycles. The Bertz CT molecular complexity index is 1510. The average Bonchev–Trinajstić information content (AvgIpc) is 3.48. The predicted octanol–water partition coefficient (Wildman–Crippen LogP) is 6.30. The highest BCUT2D eigenvalue weighted by molar-refractivity contribution is 7.71. The normalized spacial score (nSPS) is 14.9. The van der Waals surface area contributed by atoms with Gasteiger partial charge in [0.1, 0.15) is 23.9 Å². The molecule has 0 spiro atoms. The Hall–Kier alpha value is -2.66. The van der Waals surface area contributed by atoms with Gasteiger partial charge in [-0.1, -0.05) is 46.9 Å². The third kappa shape index (κ3) is 6.31. The van der Waals surface area contributed by atoms with Gasteiger partial charge in [0.25, 0.3) is 0 Å². The summed E-state index contributed by atoms with van der Waals surface area (Å²) in [6, 6.07) is 16.2. The number of ether oxygens (including phenoxy) is 1. The summed E-state index contributed by atoms with van der Waals surface area (Å²) >= 11 is 24.4. The maximum Gasteiger partial charge on any atom is 0.220 e. The van der Waals surface area contributed by atoms with E-state index < -0.39 is 0 Å². The van der Waals surface area contributed by atoms with E-state index in [1.165, 1.54) is 0 Å². The Morgan fingerprint density at radius 1 is 1.03 bits per heavy atom. The van der Waals surface area contributed by atoms with Crippen molar-refractivity contribution < 1.29 is 9.15 Å². The van der Waals surface area contributed by atoms with Gasteiger partial charge >= 0.3 is 0 Å². The standard InChI is InChI=1S/C26H25Cl3N6O2S/c1-32-10-12-33(13-11-32)17-34-26(38)35(25(31-34)16-36-24-5-3-2-4-21(24)28)30-15-19-7-9-23(37-19)20-8-6-18(27)14-22(20)29/h2-9,14-15H,10-13,16-17H2,1H3/b30-15+. The minimum absolute atomic E-state index is 0.129. The van der Waals surface area contributed by atoms with Gasteiger partial charge in [0, 0.05) is 36.8 Å². The molecule has 2 aromatic carbocycles. The minimum atomic E-state index is 0.129. The van der Waals surface area contributed by atoms with Crippen LogP contribution in [0.15, 0.2) is 64.1 Å². The number of hydrogen-bond donors (Lipinski definition) is 0. The third-order valence-electron chi connectivity index (χ3n) is 6.13. The van der Waals surface area contributed by atoms with Crippen LogP contribution in [0.25, 0.3) is 11.3 Å². The van der Waals surface area contributed by atoms with E-state index in [0.29, 0.717) is 49.6 Å². The number of para-hydroxylation sites is 1. The summed E-state index contributed by atoms with van der Waals surface area (Å²) in [7, 11) is 2.12. The summed E-state index contributed by atoms with van der Waals surface area (Å²) in [4.78, 5) is 4.61. The van der Waals surface area contributed by atoms with Gasteiger partial charge in [0.2, 0.25) is 4.77 Å². The van der Waals surface area contributed by atoms with Crippen molar-refractivity contribution in [2.24, 2.45) is 5.10 Å². The number of likely N-dealkylation sites (N-methyl/N-ethyl adjacent to an activating group) is 1. The fraction of sp³-hybridized carbons (Fsp3) is 0.269. The van der Waals surface area contributed by atoms with Crippen molar-refractivity contribution in [2.45, 2.75) is 13.3 Å². The van der Waals surface area contributed by atoms with E-state index in [1.807, 2.05) is 30.3 Å². The Kier molecular flexibility index (Phi) is 8.52. The molecule has 1 saturated heterocycles. The number of halogens is 3. The van der Waals surface area contributed by atoms with Crippen LogP contribution in [0.3, 0.4) is 0 Å². The van der Waals surface area contributed by atoms with E-state index in [4.69, 9.17) is 61.3 Å². The van der Waals surface area contributed by atoms with Crippen LogP contribution in [0.2, 0.25) is 15.1 Å². The van der Waals surface area contributed by atoms with Crippen LogP contribution in [0.4, 0.5) is 0 Å². The fourth-order valence-electron chi connectivity index (χ4n) is 4.00. The summed E-state index contributed by atoms with van der Waals surface area (Å²) < 4.78 is 15.7. The highest BCUT2D eigenvalue weighted by atomic mass is 35.5. The molecule has 2 aromatic heterocycles. The molecule has 1 aliphatic heterocycles. The lowest BCUT2D eigenvalue weighted by atomic mass is 10.2. The monoisotopic (exact) mass is 590 g/mol. The van der Waals surface area contributed by atoms with Crippen molar-refractivity contribution in [3.8, 4) is 17.1 Å². The molecule has 0 amide bonds. The van der Waals surface area contributed by atoms with Crippen molar-refractivity contribution in [3.63, 3.8) is 0 Å². The van der Waals surface area contributed by atoms with Gasteiger partial charge in [-0.15, -0.1) is 5.10 Å². The zero-order chi connectivity index (χ0) is 26.6. The molecule has 12 heteroatoms. The van der Waals surface area contributed by atoms with E-state index in [1.54, 1.807) is 39.8 Å². The molecule has 5 rings (SSSR count). The Morgan fingerprint density at radius 3 is 2.58 bits per heavy atom. The molecule has 0 unspecified atom stereocenters. The largest absolute Gasteiger partial charge is 0.484 e. The maximum atomic E-state index is 6.34. The van der Waals surface area contributed by atoms with Gasteiger partial charge in [-0.25, -0.2) is 4.68 Å². The minimum Gasteiger partial charge on any atom is -0.484 e. The van der Waals surface area contributed by atoms with Crippen LogP contribution in [-0.2, 0) is 13.3 Å². The Labute approximate surface area is 240 Å². The van der Waals surface area contributed by atoms with Gasteiger partial charge in [-0.3, -0.25) is 4.90 Å². The zero-order valence-electron chi connectivity index (χ0n) is 20.6. The van der Waals surface area contributed by atoms with E-state index in [9.17, 15) is 0 Å². The van der Waals surface area contributed by atoms with Gasteiger partial charge in [0.05, 0.1) is 22.9 Å². The molecule has 4 aromatic rings. The van der Waals surface area contributed by atoms with Gasteiger partial charge in [0.15, 0.2) is 5.82 Å². The first-order valence-corrected chi connectivity index (χ1v) is 13.5. The Morgan fingerprint density at radius 2 is 1.82 bits per heavy atom. The molecule has 1 aliphatic rings. The molecular formula is C26H25Cl3N6O2S. The number of hydrogen-bond acceptors (Lipinski definition) is 7. The number of rotatable bonds is 8. The second-order valence-electron chi connectivity index (χ2n) is 8.86. The number of nitrogens with zero attached hydrogens (tertiary/aromatic N) is 6. The molecule has 38 heavy (non-hydrogen) atoms. The molecule has 8 nitrogen and oxygen atoms in total. The smallest absolute Gasteiger partial charge is 0.220 e. The first-order valence-electron chi connectivity index (χ1n) is 11.9. The SMILES string of the molecule is CN1CCN(Cn2nc(COc3ccccc3Cl)n(/N=C/c3ccc(-c4ccc(Cl)cc4Cl)o3)c2=S)CC1. The first kappa shape index (κ1) is 26.9. The number of aromatic nitrogens is 3. The lowest BCUT2D eigenvalue weighted by molar-refractivity contribution is 0.118. The quantitative estimate of drug-likeness (QED) is 0.177. The summed E-state index contributed by atoms with van der Waals surface area (Å²) in [5.74, 6) is 2.22. The van der Waals surface area contributed by atoms with Crippen molar-refractivity contribution in [2.75, 3.05) is 33.2 Å². The molecule has 0 atom stereocenters. The number of furan rings is 1. The third-order valence-corrected chi connectivity index (χ3v) is 7.37. The molecule has 0 saturated carbocycles. The van der Waals surface area contributed by atoms with Crippen molar-refractivity contribution in [3.05, 3.63) is 86.0 Å². The summed E-state index contributed by atoms with van der Waals surface area (Å²) in [6.07, 6.45) is 1.59. The van der Waals surface area contributed by atoms with Crippen molar-refractivity contribution >= 4 is 53.2 Å². The zero-order valence-corrected chi connectivity index (χ0v) is 23.6. The first-order chi connectivity index (χ1) is 18.4. The van der Waals surface area contributed by atoms with Gasteiger partial charge in [-0.2, -0.15) is 9.78 Å². The van der Waals surface area contributed by atoms with Crippen LogP contribution >= 0.6 is 47.0 Å². The van der Waals surface area contributed by atoms with Gasteiger partial charge < -0.3 is 14.1 Å². The molecule has 0 radical (unpaired) electrons. The second kappa shape index (κ2) is 12.0. The van der Waals surface area contributed by atoms with E-state index in [2.05, 4.69) is 21.9 Å². The summed E-state index contributed by atoms with van der Waals surface area (Å²) in [5.41, 5.74) is 0.737. The van der Waals surface area contributed by atoms with E-state index in [-0.39, 0.29) is 6.61 Å². The predicted molar refractivity (Wildman–Crippen MR) is 153 cm³/mol. The van der Waals surface area contributed by atoms with Crippen LogP contribution < -0.4 is 4.74 Å². The molecular weight excluding hydrogens is 567 g/mol. The lowest BCUT2D eigenvalue weighted by Crippen LogP contribution is -2.45. The van der Waals surface area contributed by atoms with Crippen molar-refractivity contribution in [1.29, 1.82) is 0 Å². The lowest BCUT2D eigenvalue weighted by Gasteiger charge is -2.31. The second-order valence-corrected chi connectivity index (χ2v) is 10.5. The van der Waals surface area contributed by atoms with E-state index in [0.717, 1.165) is 31.7 Å². The van der Waals surface area contributed by atoms with Crippen LogP contribution in [0.5, 0.6) is 5.75 Å². The van der Waals surface area contributed by atoms with Crippen LogP contribution in [0, 0.1) is 4.77 Å². The highest BCUT2D eigenvalue weighted by Crippen LogP contribution is 2.31. The van der Waals surface area contributed by atoms with Gasteiger partial charge in [-0.05, 0) is 61.7 Å². The van der Waals surface area contributed by atoms with Crippen LogP contribution in [-0.4, -0.2) is 63.7 Å². The van der Waals surface area contributed by atoms with E-state index >= 15 is 0 Å². The highest BCUT2D eigenvalue weighted by Gasteiger charge is 2.18. The van der Waals surface area contributed by atoms with Crippen LogP contribution in [0.1, 0.15) is 11.6 Å². The molecule has 198 valence electrons. The van der Waals surface area contributed by atoms with Crippen molar-refractivity contribution in [1.82, 2.24) is 24.3 Å². The topological polar surface area (TPSA) is 64.0 Å². The molecule has 3 heterocycles. The molecule has 0 bridgehead atoms.